The summed E-state index contributed by atoms with van der Waals surface area (Å²) in [4.78, 5) is 8.74. The van der Waals surface area contributed by atoms with Gasteiger partial charge in [0.05, 0.1) is 17.8 Å². The highest BCUT2D eigenvalue weighted by Gasteiger charge is 2.29. The Morgan fingerprint density at radius 3 is 2.43 bits per heavy atom. The molecule has 1 N–H and O–H groups in total. The zero-order valence-corrected chi connectivity index (χ0v) is 18.8. The number of halogens is 4. The summed E-state index contributed by atoms with van der Waals surface area (Å²) in [6.07, 6.45) is -2.76. The molecule has 0 aliphatic carbocycles. The first-order chi connectivity index (χ1) is 14.0. The molecule has 2 heterocycles. The molecule has 0 spiro atoms. The highest BCUT2D eigenvalue weighted by molar-refractivity contribution is 14.0. The molecule has 1 saturated heterocycles. The fourth-order valence-electron chi connectivity index (χ4n) is 3.01. The molecular weight excluding hydrogens is 510 g/mol. The molecule has 1 fully saturated rings. The van der Waals surface area contributed by atoms with Crippen molar-refractivity contribution in [3.63, 3.8) is 0 Å². The van der Waals surface area contributed by atoms with Crippen LogP contribution in [0.3, 0.4) is 0 Å². The van der Waals surface area contributed by atoms with Crippen molar-refractivity contribution >= 4 is 29.9 Å². The normalized spacial score (nSPS) is 15.2. The average molecular weight is 533 g/mol. The highest BCUT2D eigenvalue weighted by Crippen LogP contribution is 2.28. The van der Waals surface area contributed by atoms with Gasteiger partial charge in [-0.25, -0.2) is 0 Å². The molecule has 0 bridgehead atoms. The summed E-state index contributed by atoms with van der Waals surface area (Å²) < 4.78 is 42.6. The molecule has 3 rings (SSSR count). The number of alkyl halides is 3. The van der Waals surface area contributed by atoms with Gasteiger partial charge in [-0.2, -0.15) is 13.2 Å². The minimum absolute atomic E-state index is 0. The molecule has 1 aromatic heterocycles. The van der Waals surface area contributed by atoms with E-state index in [1.807, 2.05) is 6.07 Å². The molecule has 0 saturated carbocycles. The first kappa shape index (κ1) is 24.0. The Labute approximate surface area is 190 Å². The lowest BCUT2D eigenvalue weighted by Crippen LogP contribution is -2.52. The molecule has 1 aliphatic rings. The topological polar surface area (TPSA) is 56.9 Å². The molecule has 10 heteroatoms. The minimum Gasteiger partial charge on any atom is -0.364 e. The van der Waals surface area contributed by atoms with Gasteiger partial charge < -0.3 is 14.7 Å². The van der Waals surface area contributed by atoms with Crippen LogP contribution in [0.25, 0.3) is 0 Å². The van der Waals surface area contributed by atoms with E-state index < -0.39 is 11.7 Å². The van der Waals surface area contributed by atoms with Gasteiger partial charge in [-0.3, -0.25) is 9.89 Å². The maximum Gasteiger partial charge on any atom is 0.416 e. The van der Waals surface area contributed by atoms with E-state index in [9.17, 15) is 13.2 Å². The smallest absolute Gasteiger partial charge is 0.364 e. The van der Waals surface area contributed by atoms with Crippen molar-refractivity contribution in [3.8, 4) is 11.8 Å². The van der Waals surface area contributed by atoms with Crippen LogP contribution in [0.5, 0.6) is 0 Å². The average Bonchev–Trinajstić information content (AvgIpc) is 3.22. The monoisotopic (exact) mass is 533 g/mol. The van der Waals surface area contributed by atoms with Gasteiger partial charge in [0.25, 0.3) is 0 Å². The summed E-state index contributed by atoms with van der Waals surface area (Å²) in [6.45, 7) is 4.52. The fourth-order valence-corrected chi connectivity index (χ4v) is 3.01. The van der Waals surface area contributed by atoms with Gasteiger partial charge in [0, 0.05) is 51.4 Å². The van der Waals surface area contributed by atoms with Gasteiger partial charge in [0.1, 0.15) is 6.26 Å². The van der Waals surface area contributed by atoms with Gasteiger partial charge >= 0.3 is 6.18 Å². The zero-order chi connectivity index (χ0) is 20.7. The molecule has 0 radical (unpaired) electrons. The molecule has 6 nitrogen and oxygen atoms in total. The Bertz CT molecular complexity index is 865. The standard InChI is InChI=1S/C20H22F3N5O.HI/c1-24-19(28-12-10-27(11-13-28)15-18-8-14-29-26-18)25-9-2-3-16-4-6-17(7-5-16)20(21,22)23;/h4-8,14H,9-13,15H2,1H3,(H,24,25);1H. The maximum atomic E-state index is 12.6. The molecule has 162 valence electrons. The van der Waals surface area contributed by atoms with Crippen LogP contribution in [-0.4, -0.2) is 60.7 Å². The number of rotatable bonds is 3. The number of guanidine groups is 1. The number of aliphatic imine (C=N–C) groups is 1. The Kier molecular flexibility index (Phi) is 8.98. The Morgan fingerprint density at radius 1 is 1.17 bits per heavy atom. The number of hydrogen-bond acceptors (Lipinski definition) is 4. The Morgan fingerprint density at radius 2 is 1.87 bits per heavy atom. The van der Waals surface area contributed by atoms with E-state index in [4.69, 9.17) is 4.52 Å². The SMILES string of the molecule is CN=C(NCC#Cc1ccc(C(F)(F)F)cc1)N1CCN(Cc2ccon2)CC1.I. The fraction of sp³-hybridized carbons (Fsp3) is 0.400. The number of aromatic nitrogens is 1. The number of nitrogens with one attached hydrogen (secondary N) is 1. The summed E-state index contributed by atoms with van der Waals surface area (Å²) in [5.74, 6) is 6.54. The lowest BCUT2D eigenvalue weighted by Gasteiger charge is -2.35. The maximum absolute atomic E-state index is 12.6. The van der Waals surface area contributed by atoms with Gasteiger partial charge in [-0.05, 0) is 24.3 Å². The van der Waals surface area contributed by atoms with E-state index in [1.165, 1.54) is 12.1 Å². The largest absolute Gasteiger partial charge is 0.416 e. The van der Waals surface area contributed by atoms with E-state index in [2.05, 4.69) is 37.1 Å². The van der Waals surface area contributed by atoms with Crippen molar-refractivity contribution in [2.24, 2.45) is 4.99 Å². The predicted octanol–water partition coefficient (Wildman–Crippen LogP) is 3.06. The van der Waals surface area contributed by atoms with E-state index in [0.29, 0.717) is 12.1 Å². The zero-order valence-electron chi connectivity index (χ0n) is 16.4. The Hall–Kier alpha value is -2.26. The molecular formula is C20H23F3IN5O. The molecule has 2 aromatic rings. The van der Waals surface area contributed by atoms with Gasteiger partial charge in [0.2, 0.25) is 0 Å². The molecule has 0 unspecified atom stereocenters. The van der Waals surface area contributed by atoms with Gasteiger partial charge in [0.15, 0.2) is 5.96 Å². The first-order valence-corrected chi connectivity index (χ1v) is 9.19. The second-order valence-electron chi connectivity index (χ2n) is 6.53. The van der Waals surface area contributed by atoms with Crippen molar-refractivity contribution in [2.75, 3.05) is 39.8 Å². The van der Waals surface area contributed by atoms with Crippen LogP contribution in [0.4, 0.5) is 13.2 Å². The lowest BCUT2D eigenvalue weighted by molar-refractivity contribution is -0.137. The summed E-state index contributed by atoms with van der Waals surface area (Å²) in [7, 11) is 1.72. The third-order valence-electron chi connectivity index (χ3n) is 4.54. The van der Waals surface area contributed by atoms with Crippen LogP contribution in [-0.2, 0) is 12.7 Å². The summed E-state index contributed by atoms with van der Waals surface area (Å²) in [6, 6.07) is 6.68. The van der Waals surface area contributed by atoms with Crippen LogP contribution in [0.1, 0.15) is 16.8 Å². The number of hydrogen-bond donors (Lipinski definition) is 1. The van der Waals surface area contributed by atoms with Crippen molar-refractivity contribution in [3.05, 3.63) is 53.4 Å². The van der Waals surface area contributed by atoms with E-state index in [0.717, 1.165) is 56.5 Å². The second kappa shape index (κ2) is 11.2. The van der Waals surface area contributed by atoms with Crippen LogP contribution in [0.15, 0.2) is 46.1 Å². The predicted molar refractivity (Wildman–Crippen MR) is 118 cm³/mol. The number of benzene rings is 1. The first-order valence-electron chi connectivity index (χ1n) is 9.19. The summed E-state index contributed by atoms with van der Waals surface area (Å²) in [5.41, 5.74) is 0.778. The third-order valence-corrected chi connectivity index (χ3v) is 4.54. The molecule has 1 aromatic carbocycles. The van der Waals surface area contributed by atoms with Crippen molar-refractivity contribution in [2.45, 2.75) is 12.7 Å². The van der Waals surface area contributed by atoms with Crippen LogP contribution in [0.2, 0.25) is 0 Å². The summed E-state index contributed by atoms with van der Waals surface area (Å²) in [5, 5.41) is 7.12. The molecule has 30 heavy (non-hydrogen) atoms. The highest BCUT2D eigenvalue weighted by atomic mass is 127. The van der Waals surface area contributed by atoms with Crippen molar-refractivity contribution in [1.29, 1.82) is 0 Å². The quantitative estimate of drug-likeness (QED) is 0.285. The second-order valence-corrected chi connectivity index (χ2v) is 6.53. The number of nitrogens with zero attached hydrogens (tertiary/aromatic N) is 4. The molecule has 0 atom stereocenters. The number of piperazine rings is 1. The van der Waals surface area contributed by atoms with E-state index >= 15 is 0 Å². The van der Waals surface area contributed by atoms with Gasteiger partial charge in [-0.15, -0.1) is 24.0 Å². The van der Waals surface area contributed by atoms with E-state index in [-0.39, 0.29) is 24.0 Å². The third kappa shape index (κ3) is 6.91. The minimum atomic E-state index is -4.33. The van der Waals surface area contributed by atoms with Crippen molar-refractivity contribution in [1.82, 2.24) is 20.3 Å². The summed E-state index contributed by atoms with van der Waals surface area (Å²) >= 11 is 0. The van der Waals surface area contributed by atoms with E-state index in [1.54, 1.807) is 13.3 Å². The molecule has 0 amide bonds. The molecule has 1 aliphatic heterocycles. The van der Waals surface area contributed by atoms with Crippen LogP contribution < -0.4 is 5.32 Å². The van der Waals surface area contributed by atoms with Crippen LogP contribution >= 0.6 is 24.0 Å². The lowest BCUT2D eigenvalue weighted by atomic mass is 10.1. The Balaban J connectivity index is 0.00000320. The van der Waals surface area contributed by atoms with Crippen LogP contribution in [0, 0.1) is 11.8 Å². The van der Waals surface area contributed by atoms with Gasteiger partial charge in [-0.1, -0.05) is 17.0 Å². The van der Waals surface area contributed by atoms with Crippen molar-refractivity contribution < 1.29 is 17.7 Å².